The van der Waals surface area contributed by atoms with Gasteiger partial charge in [-0.25, -0.2) is 0 Å². The van der Waals surface area contributed by atoms with Crippen LogP contribution in [0.1, 0.15) is 18.9 Å². The predicted octanol–water partition coefficient (Wildman–Crippen LogP) is 1.58. The van der Waals surface area contributed by atoms with Gasteiger partial charge in [-0.05, 0) is 18.6 Å². The zero-order valence-electron chi connectivity index (χ0n) is 9.43. The summed E-state index contributed by atoms with van der Waals surface area (Å²) in [5, 5.41) is 11.5. The molecule has 0 fully saturated rings. The smallest absolute Gasteiger partial charge is 0.170 e. The summed E-state index contributed by atoms with van der Waals surface area (Å²) in [6.45, 7) is 2.63. The molecular formula is C11H16N2O3. The third kappa shape index (κ3) is 3.05. The molecule has 0 heterocycles. The topological polar surface area (TPSA) is 77.1 Å². The van der Waals surface area contributed by atoms with Crippen LogP contribution in [0.3, 0.4) is 0 Å². The Balaban J connectivity index is 3.01. The molecule has 5 heteroatoms. The molecule has 0 saturated carbocycles. The summed E-state index contributed by atoms with van der Waals surface area (Å²) in [6, 6.07) is 5.13. The molecule has 1 aromatic carbocycles. The van der Waals surface area contributed by atoms with Crippen LogP contribution in [0, 0.1) is 0 Å². The van der Waals surface area contributed by atoms with Crippen molar-refractivity contribution in [2.24, 2.45) is 10.9 Å². The first-order valence-electron chi connectivity index (χ1n) is 5.01. The maximum Gasteiger partial charge on any atom is 0.170 e. The van der Waals surface area contributed by atoms with Gasteiger partial charge in [0.1, 0.15) is 11.5 Å². The quantitative estimate of drug-likeness (QED) is 0.344. The van der Waals surface area contributed by atoms with Gasteiger partial charge in [0.15, 0.2) is 5.84 Å². The van der Waals surface area contributed by atoms with Crippen molar-refractivity contribution in [1.29, 1.82) is 0 Å². The van der Waals surface area contributed by atoms with Crippen LogP contribution in [0.4, 0.5) is 0 Å². The number of ether oxygens (including phenoxy) is 2. The van der Waals surface area contributed by atoms with E-state index in [1.54, 1.807) is 25.3 Å². The summed E-state index contributed by atoms with van der Waals surface area (Å²) in [6.07, 6.45) is 0.913. The Bertz CT molecular complexity index is 377. The van der Waals surface area contributed by atoms with Gasteiger partial charge in [0.05, 0.1) is 13.7 Å². The number of benzene rings is 1. The lowest BCUT2D eigenvalue weighted by atomic mass is 10.2. The van der Waals surface area contributed by atoms with Gasteiger partial charge >= 0.3 is 0 Å². The lowest BCUT2D eigenvalue weighted by Crippen LogP contribution is -2.13. The molecular weight excluding hydrogens is 208 g/mol. The minimum Gasteiger partial charge on any atom is -0.497 e. The van der Waals surface area contributed by atoms with E-state index in [-0.39, 0.29) is 5.84 Å². The highest BCUT2D eigenvalue weighted by Crippen LogP contribution is 2.22. The number of hydrogen-bond donors (Lipinski definition) is 2. The van der Waals surface area contributed by atoms with E-state index in [1.807, 2.05) is 6.92 Å². The van der Waals surface area contributed by atoms with E-state index >= 15 is 0 Å². The molecule has 1 rings (SSSR count). The average molecular weight is 224 g/mol. The van der Waals surface area contributed by atoms with Crippen LogP contribution in [0.2, 0.25) is 0 Å². The number of rotatable bonds is 5. The number of hydrogen-bond acceptors (Lipinski definition) is 4. The molecule has 0 unspecified atom stereocenters. The van der Waals surface area contributed by atoms with Gasteiger partial charge in [-0.2, -0.15) is 0 Å². The molecule has 16 heavy (non-hydrogen) atoms. The molecule has 1 aromatic rings. The van der Waals surface area contributed by atoms with Gasteiger partial charge in [-0.3, -0.25) is 0 Å². The number of amidine groups is 1. The SMILES string of the molecule is CCCOc1cc(OC)cc(/C(N)=N/O)c1. The largest absolute Gasteiger partial charge is 0.497 e. The first-order valence-corrected chi connectivity index (χ1v) is 5.01. The van der Waals surface area contributed by atoms with Crippen molar-refractivity contribution in [3.05, 3.63) is 23.8 Å². The second-order valence-corrected chi connectivity index (χ2v) is 3.23. The molecule has 0 spiro atoms. The second kappa shape index (κ2) is 5.85. The number of nitrogens with two attached hydrogens (primary N) is 1. The van der Waals surface area contributed by atoms with Crippen molar-refractivity contribution in [2.75, 3.05) is 13.7 Å². The fourth-order valence-corrected chi connectivity index (χ4v) is 1.20. The van der Waals surface area contributed by atoms with Crippen molar-refractivity contribution in [3.63, 3.8) is 0 Å². The van der Waals surface area contributed by atoms with Crippen LogP contribution in [0.15, 0.2) is 23.4 Å². The van der Waals surface area contributed by atoms with E-state index < -0.39 is 0 Å². The van der Waals surface area contributed by atoms with Crippen molar-refractivity contribution in [2.45, 2.75) is 13.3 Å². The fraction of sp³-hybridized carbons (Fsp3) is 0.364. The Morgan fingerprint density at radius 1 is 1.38 bits per heavy atom. The molecule has 0 saturated heterocycles. The summed E-state index contributed by atoms with van der Waals surface area (Å²) >= 11 is 0. The van der Waals surface area contributed by atoms with Gasteiger partial charge < -0.3 is 20.4 Å². The lowest BCUT2D eigenvalue weighted by molar-refractivity contribution is 0.314. The van der Waals surface area contributed by atoms with E-state index in [9.17, 15) is 0 Å². The molecule has 0 bridgehead atoms. The molecule has 0 amide bonds. The fourth-order valence-electron chi connectivity index (χ4n) is 1.20. The maximum atomic E-state index is 8.60. The Kier molecular flexibility index (Phi) is 4.44. The molecule has 0 aliphatic heterocycles. The Hall–Kier alpha value is -1.91. The van der Waals surface area contributed by atoms with Crippen molar-refractivity contribution < 1.29 is 14.7 Å². The summed E-state index contributed by atoms with van der Waals surface area (Å²) in [7, 11) is 1.55. The minimum atomic E-state index is 0.0280. The van der Waals surface area contributed by atoms with E-state index in [0.717, 1.165) is 6.42 Å². The maximum absolute atomic E-state index is 8.60. The van der Waals surface area contributed by atoms with Crippen molar-refractivity contribution in [3.8, 4) is 11.5 Å². The Morgan fingerprint density at radius 2 is 2.06 bits per heavy atom. The predicted molar refractivity (Wildman–Crippen MR) is 61.3 cm³/mol. The summed E-state index contributed by atoms with van der Waals surface area (Å²) in [5.74, 6) is 1.28. The van der Waals surface area contributed by atoms with Gasteiger partial charge in [-0.15, -0.1) is 0 Å². The molecule has 0 aliphatic rings. The normalized spacial score (nSPS) is 11.2. The molecule has 3 N–H and O–H groups in total. The Labute approximate surface area is 94.5 Å². The van der Waals surface area contributed by atoms with Crippen molar-refractivity contribution in [1.82, 2.24) is 0 Å². The summed E-state index contributed by atoms with van der Waals surface area (Å²) < 4.78 is 10.6. The van der Waals surface area contributed by atoms with Gasteiger partial charge in [0, 0.05) is 11.6 Å². The van der Waals surface area contributed by atoms with E-state index in [0.29, 0.717) is 23.7 Å². The molecule has 0 radical (unpaired) electrons. The number of methoxy groups -OCH3 is 1. The minimum absolute atomic E-state index is 0.0280. The van der Waals surface area contributed by atoms with E-state index in [4.69, 9.17) is 20.4 Å². The van der Waals surface area contributed by atoms with E-state index in [2.05, 4.69) is 5.16 Å². The van der Waals surface area contributed by atoms with Crippen LogP contribution < -0.4 is 15.2 Å². The van der Waals surface area contributed by atoms with Crippen LogP contribution in [-0.2, 0) is 0 Å². The first-order chi connectivity index (χ1) is 7.71. The average Bonchev–Trinajstić information content (AvgIpc) is 2.34. The monoisotopic (exact) mass is 224 g/mol. The number of oxime groups is 1. The highest BCUT2D eigenvalue weighted by atomic mass is 16.5. The zero-order valence-corrected chi connectivity index (χ0v) is 9.43. The summed E-state index contributed by atoms with van der Waals surface area (Å²) in [5.41, 5.74) is 6.07. The molecule has 0 atom stereocenters. The van der Waals surface area contributed by atoms with E-state index in [1.165, 1.54) is 0 Å². The summed E-state index contributed by atoms with van der Waals surface area (Å²) in [4.78, 5) is 0. The zero-order chi connectivity index (χ0) is 12.0. The molecule has 0 aromatic heterocycles. The number of nitrogens with zero attached hydrogens (tertiary/aromatic N) is 1. The lowest BCUT2D eigenvalue weighted by Gasteiger charge is -2.09. The third-order valence-electron chi connectivity index (χ3n) is 1.99. The van der Waals surface area contributed by atoms with Gasteiger partial charge in [0.25, 0.3) is 0 Å². The van der Waals surface area contributed by atoms with Gasteiger partial charge in [0.2, 0.25) is 0 Å². The van der Waals surface area contributed by atoms with Crippen LogP contribution in [0.25, 0.3) is 0 Å². The standard InChI is InChI=1S/C11H16N2O3/c1-3-4-16-10-6-8(11(12)13-14)5-9(7-10)15-2/h5-7,14H,3-4H2,1-2H3,(H2,12,13). The third-order valence-corrected chi connectivity index (χ3v) is 1.99. The van der Waals surface area contributed by atoms with Crippen LogP contribution >= 0.6 is 0 Å². The second-order valence-electron chi connectivity index (χ2n) is 3.23. The van der Waals surface area contributed by atoms with Crippen molar-refractivity contribution >= 4 is 5.84 Å². The van der Waals surface area contributed by atoms with Crippen LogP contribution in [0.5, 0.6) is 11.5 Å². The molecule has 0 aliphatic carbocycles. The van der Waals surface area contributed by atoms with Gasteiger partial charge in [-0.1, -0.05) is 12.1 Å². The highest BCUT2D eigenvalue weighted by molar-refractivity contribution is 5.97. The molecule has 5 nitrogen and oxygen atoms in total. The van der Waals surface area contributed by atoms with Crippen LogP contribution in [-0.4, -0.2) is 24.8 Å². The Morgan fingerprint density at radius 3 is 2.62 bits per heavy atom. The first kappa shape index (κ1) is 12.2. The molecule has 88 valence electrons. The highest BCUT2D eigenvalue weighted by Gasteiger charge is 2.05.